The van der Waals surface area contributed by atoms with Crippen LogP contribution in [0.5, 0.6) is 0 Å². The van der Waals surface area contributed by atoms with Crippen LogP contribution in [0, 0.1) is 17.8 Å². The summed E-state index contributed by atoms with van der Waals surface area (Å²) in [5, 5.41) is 3.38. The highest BCUT2D eigenvalue weighted by Crippen LogP contribution is 2.42. The Morgan fingerprint density at radius 1 is 1.16 bits per heavy atom. The number of nitrogens with zero attached hydrogens (tertiary/aromatic N) is 1. The van der Waals surface area contributed by atoms with Gasteiger partial charge in [0.15, 0.2) is 0 Å². The standard InChI is InChI=1S/C15H26N2O2/c1-10-8-11-12(9-10)14(19)17(13(11)18)7-5-6-16-15(2,3)4/h10-12,16H,5-9H2,1-4H3. The Morgan fingerprint density at radius 3 is 2.16 bits per heavy atom. The van der Waals surface area contributed by atoms with Gasteiger partial charge in [-0.1, -0.05) is 6.92 Å². The van der Waals surface area contributed by atoms with Crippen LogP contribution in [-0.4, -0.2) is 35.3 Å². The summed E-state index contributed by atoms with van der Waals surface area (Å²) in [7, 11) is 0. The van der Waals surface area contributed by atoms with Gasteiger partial charge in [0.1, 0.15) is 0 Å². The molecule has 0 radical (unpaired) electrons. The SMILES string of the molecule is CC1CC2C(=O)N(CCCNC(C)(C)C)C(=O)C2C1. The van der Waals surface area contributed by atoms with E-state index in [4.69, 9.17) is 0 Å². The van der Waals surface area contributed by atoms with Crippen molar-refractivity contribution >= 4 is 11.8 Å². The van der Waals surface area contributed by atoms with Gasteiger partial charge in [-0.15, -0.1) is 0 Å². The molecule has 108 valence electrons. The van der Waals surface area contributed by atoms with Crippen LogP contribution >= 0.6 is 0 Å². The monoisotopic (exact) mass is 266 g/mol. The third-order valence-corrected chi connectivity index (χ3v) is 4.18. The smallest absolute Gasteiger partial charge is 0.233 e. The average molecular weight is 266 g/mol. The van der Waals surface area contributed by atoms with Crippen molar-refractivity contribution in [1.29, 1.82) is 0 Å². The van der Waals surface area contributed by atoms with Gasteiger partial charge in [-0.25, -0.2) is 0 Å². The molecule has 2 aliphatic rings. The Hall–Kier alpha value is -0.900. The van der Waals surface area contributed by atoms with Gasteiger partial charge in [0, 0.05) is 12.1 Å². The molecule has 0 aromatic heterocycles. The predicted octanol–water partition coefficient (Wildman–Crippen LogP) is 1.80. The Morgan fingerprint density at radius 2 is 1.68 bits per heavy atom. The third-order valence-electron chi connectivity index (χ3n) is 4.18. The van der Waals surface area contributed by atoms with Crippen molar-refractivity contribution in [1.82, 2.24) is 10.2 Å². The van der Waals surface area contributed by atoms with Gasteiger partial charge >= 0.3 is 0 Å². The number of nitrogens with one attached hydrogen (secondary N) is 1. The maximum atomic E-state index is 12.2. The summed E-state index contributed by atoms with van der Waals surface area (Å²) >= 11 is 0. The zero-order chi connectivity index (χ0) is 14.2. The maximum Gasteiger partial charge on any atom is 0.233 e. The minimum atomic E-state index is -0.0157. The van der Waals surface area contributed by atoms with Crippen LogP contribution in [0.3, 0.4) is 0 Å². The number of rotatable bonds is 4. The highest BCUT2D eigenvalue weighted by Gasteiger charge is 2.51. The van der Waals surface area contributed by atoms with Crippen LogP contribution in [0.15, 0.2) is 0 Å². The molecule has 0 aromatic rings. The minimum Gasteiger partial charge on any atom is -0.312 e. The van der Waals surface area contributed by atoms with Crippen LogP contribution in [0.25, 0.3) is 0 Å². The van der Waals surface area contributed by atoms with E-state index in [-0.39, 0.29) is 29.2 Å². The molecule has 1 heterocycles. The van der Waals surface area contributed by atoms with E-state index in [9.17, 15) is 9.59 Å². The molecule has 0 spiro atoms. The number of imide groups is 1. The fourth-order valence-corrected chi connectivity index (χ4v) is 3.27. The molecule has 4 nitrogen and oxygen atoms in total. The first-order valence-corrected chi connectivity index (χ1v) is 7.40. The molecular weight excluding hydrogens is 240 g/mol. The van der Waals surface area contributed by atoms with Crippen molar-refractivity contribution in [3.05, 3.63) is 0 Å². The van der Waals surface area contributed by atoms with Crippen molar-refractivity contribution in [3.63, 3.8) is 0 Å². The van der Waals surface area contributed by atoms with Gasteiger partial charge in [0.05, 0.1) is 11.8 Å². The molecule has 2 rings (SSSR count). The summed E-state index contributed by atoms with van der Waals surface area (Å²) in [5.41, 5.74) is 0.0883. The lowest BCUT2D eigenvalue weighted by molar-refractivity contribution is -0.140. The van der Waals surface area contributed by atoms with E-state index >= 15 is 0 Å². The van der Waals surface area contributed by atoms with Crippen LogP contribution < -0.4 is 5.32 Å². The molecule has 1 saturated carbocycles. The van der Waals surface area contributed by atoms with Crippen LogP contribution in [-0.2, 0) is 9.59 Å². The Kier molecular flexibility index (Phi) is 4.00. The van der Waals surface area contributed by atoms with Crippen molar-refractivity contribution < 1.29 is 9.59 Å². The molecule has 0 bridgehead atoms. The van der Waals surface area contributed by atoms with E-state index in [1.54, 1.807) is 0 Å². The number of carbonyl (C=O) groups excluding carboxylic acids is 2. The van der Waals surface area contributed by atoms with Gasteiger partial charge in [-0.05, 0) is 52.5 Å². The minimum absolute atomic E-state index is 0.0157. The van der Waals surface area contributed by atoms with E-state index in [1.165, 1.54) is 4.90 Å². The quantitative estimate of drug-likeness (QED) is 0.623. The van der Waals surface area contributed by atoms with E-state index in [0.717, 1.165) is 25.8 Å². The van der Waals surface area contributed by atoms with E-state index in [2.05, 4.69) is 33.0 Å². The van der Waals surface area contributed by atoms with Crippen LogP contribution in [0.2, 0.25) is 0 Å². The van der Waals surface area contributed by atoms with Gasteiger partial charge in [-0.2, -0.15) is 0 Å². The number of fused-ring (bicyclic) bond motifs is 1. The first kappa shape index (κ1) is 14.5. The second kappa shape index (κ2) is 5.23. The summed E-state index contributed by atoms with van der Waals surface area (Å²) in [6.45, 7) is 9.89. The normalized spacial score (nSPS) is 31.2. The van der Waals surface area contributed by atoms with Gasteiger partial charge in [0.25, 0.3) is 0 Å². The molecule has 2 amide bonds. The summed E-state index contributed by atoms with van der Waals surface area (Å²) in [6.07, 6.45) is 2.63. The van der Waals surface area contributed by atoms with E-state index in [1.807, 2.05) is 0 Å². The third kappa shape index (κ3) is 3.16. The van der Waals surface area contributed by atoms with Crippen molar-refractivity contribution in [3.8, 4) is 0 Å². The second-order valence-electron chi connectivity index (χ2n) is 7.15. The number of hydrogen-bond acceptors (Lipinski definition) is 3. The molecule has 1 aliphatic carbocycles. The first-order valence-electron chi connectivity index (χ1n) is 7.40. The van der Waals surface area contributed by atoms with Crippen LogP contribution in [0.1, 0.15) is 47.0 Å². The molecule has 2 fully saturated rings. The largest absolute Gasteiger partial charge is 0.312 e. The summed E-state index contributed by atoms with van der Waals surface area (Å²) in [5.74, 6) is 0.647. The Balaban J connectivity index is 1.83. The summed E-state index contributed by atoms with van der Waals surface area (Å²) in [4.78, 5) is 25.9. The Bertz CT molecular complexity index is 349. The molecule has 1 saturated heterocycles. The van der Waals surface area contributed by atoms with Crippen molar-refractivity contribution in [2.24, 2.45) is 17.8 Å². The number of carbonyl (C=O) groups is 2. The zero-order valence-corrected chi connectivity index (χ0v) is 12.5. The maximum absolute atomic E-state index is 12.2. The number of hydrogen-bond donors (Lipinski definition) is 1. The number of likely N-dealkylation sites (tertiary alicyclic amines) is 1. The highest BCUT2D eigenvalue weighted by molar-refractivity contribution is 6.05. The summed E-state index contributed by atoms with van der Waals surface area (Å²) in [6, 6.07) is 0. The molecule has 2 atom stereocenters. The zero-order valence-electron chi connectivity index (χ0n) is 12.5. The van der Waals surface area contributed by atoms with Gasteiger partial charge in [-0.3, -0.25) is 14.5 Å². The van der Waals surface area contributed by atoms with Crippen molar-refractivity contribution in [2.45, 2.75) is 52.5 Å². The van der Waals surface area contributed by atoms with E-state index in [0.29, 0.717) is 12.5 Å². The molecule has 0 aromatic carbocycles. The topological polar surface area (TPSA) is 49.4 Å². The molecule has 19 heavy (non-hydrogen) atoms. The first-order chi connectivity index (χ1) is 8.79. The lowest BCUT2D eigenvalue weighted by atomic mass is 10.00. The van der Waals surface area contributed by atoms with Crippen LogP contribution in [0.4, 0.5) is 0 Å². The molecule has 4 heteroatoms. The van der Waals surface area contributed by atoms with Crippen molar-refractivity contribution in [2.75, 3.05) is 13.1 Å². The summed E-state index contributed by atoms with van der Waals surface area (Å²) < 4.78 is 0. The van der Waals surface area contributed by atoms with Gasteiger partial charge in [0.2, 0.25) is 11.8 Å². The molecule has 1 N–H and O–H groups in total. The average Bonchev–Trinajstić information content (AvgIpc) is 2.76. The lowest BCUT2D eigenvalue weighted by Gasteiger charge is -2.22. The highest BCUT2D eigenvalue weighted by atomic mass is 16.2. The fraction of sp³-hybridized carbons (Fsp3) is 0.867. The van der Waals surface area contributed by atoms with Gasteiger partial charge < -0.3 is 5.32 Å². The second-order valence-corrected chi connectivity index (χ2v) is 7.15. The lowest BCUT2D eigenvalue weighted by Crippen LogP contribution is -2.39. The fourth-order valence-electron chi connectivity index (χ4n) is 3.27. The number of amides is 2. The molecular formula is C15H26N2O2. The molecule has 1 aliphatic heterocycles. The predicted molar refractivity (Wildman–Crippen MR) is 74.5 cm³/mol. The molecule has 2 unspecified atom stereocenters. The van der Waals surface area contributed by atoms with E-state index < -0.39 is 0 Å². The Labute approximate surface area is 115 Å².